The van der Waals surface area contributed by atoms with Gasteiger partial charge in [-0.1, -0.05) is 6.42 Å². The number of carbonyl (C=O) groups is 1. The average Bonchev–Trinajstić information content (AvgIpc) is 3.13. The molecule has 2 bridgehead atoms. The predicted molar refractivity (Wildman–Crippen MR) is 77.0 cm³/mol. The molecule has 2 saturated carbocycles. The molecular formula is C14H16F8O6S. The monoisotopic (exact) mass is 464 g/mol. The Morgan fingerprint density at radius 3 is 1.86 bits per heavy atom. The summed E-state index contributed by atoms with van der Waals surface area (Å²) in [6.07, 6.45) is -16.2. The molecule has 29 heavy (non-hydrogen) atoms. The predicted octanol–water partition coefficient (Wildman–Crippen LogP) is 3.06. The minimum absolute atomic E-state index is 0.0497. The number of rotatable bonds is 6. The van der Waals surface area contributed by atoms with E-state index in [1.807, 2.05) is 0 Å². The van der Waals surface area contributed by atoms with E-state index in [0.717, 1.165) is 0 Å². The van der Waals surface area contributed by atoms with Gasteiger partial charge in [-0.2, -0.15) is 43.5 Å². The second kappa shape index (κ2) is 7.18. The normalized spacial score (nSPS) is 27.2. The van der Waals surface area contributed by atoms with Crippen LogP contribution < -0.4 is 0 Å². The Kier molecular flexibility index (Phi) is 5.96. The fraction of sp³-hybridized carbons (Fsp3) is 0.929. The molecule has 2 aliphatic carbocycles. The van der Waals surface area contributed by atoms with Crippen molar-refractivity contribution in [2.45, 2.75) is 61.4 Å². The molecule has 4 unspecified atom stereocenters. The minimum atomic E-state index is -6.40. The molecule has 0 aromatic carbocycles. The summed E-state index contributed by atoms with van der Waals surface area (Å²) in [5, 5.41) is 3.75. The number of carbonyl (C=O) groups excluding carboxylic acids is 1. The molecule has 2 aliphatic rings. The molecule has 2 N–H and O–H groups in total. The Hall–Kier alpha value is -1.22. The fourth-order valence-electron chi connectivity index (χ4n) is 4.02. The van der Waals surface area contributed by atoms with Crippen LogP contribution in [0.15, 0.2) is 0 Å². The zero-order valence-electron chi connectivity index (χ0n) is 14.3. The maximum Gasteiger partial charge on any atom is 0.465 e. The third-order valence-electron chi connectivity index (χ3n) is 5.52. The number of fused-ring (bicyclic) bond motifs is 2. The van der Waals surface area contributed by atoms with Crippen LogP contribution in [0.4, 0.5) is 35.1 Å². The van der Waals surface area contributed by atoms with Crippen molar-refractivity contribution in [1.82, 2.24) is 0 Å². The molecule has 0 amide bonds. The SMILES string of the molecule is O=C(OC(CC(O)(C(F)(F)F)C(F)(F)F)C1CC2CCC1C2)C(F)(F)S(=O)(=O)O. The highest BCUT2D eigenvalue weighted by atomic mass is 32.2. The lowest BCUT2D eigenvalue weighted by molar-refractivity contribution is -0.375. The molecule has 0 aromatic heterocycles. The molecule has 15 heteroatoms. The largest absolute Gasteiger partial charge is 0.465 e. The van der Waals surface area contributed by atoms with Gasteiger partial charge in [-0.05, 0) is 37.0 Å². The van der Waals surface area contributed by atoms with E-state index >= 15 is 0 Å². The first-order valence-electron chi connectivity index (χ1n) is 8.23. The summed E-state index contributed by atoms with van der Waals surface area (Å²) in [7, 11) is -6.40. The summed E-state index contributed by atoms with van der Waals surface area (Å²) in [6.45, 7) is 0. The van der Waals surface area contributed by atoms with Crippen LogP contribution in [0.25, 0.3) is 0 Å². The number of hydrogen-bond acceptors (Lipinski definition) is 5. The summed E-state index contributed by atoms with van der Waals surface area (Å²) in [5.74, 6) is -4.95. The minimum Gasteiger partial charge on any atom is -0.457 e. The Balaban J connectivity index is 2.40. The van der Waals surface area contributed by atoms with Crippen LogP contribution in [0.5, 0.6) is 0 Å². The van der Waals surface area contributed by atoms with E-state index in [1.54, 1.807) is 0 Å². The van der Waals surface area contributed by atoms with Crippen molar-refractivity contribution in [3.05, 3.63) is 0 Å². The van der Waals surface area contributed by atoms with Crippen molar-refractivity contribution in [2.24, 2.45) is 17.8 Å². The van der Waals surface area contributed by atoms with E-state index in [4.69, 9.17) is 4.55 Å². The molecule has 2 fully saturated rings. The summed E-state index contributed by atoms with van der Waals surface area (Å²) in [5.41, 5.74) is -5.39. The highest BCUT2D eigenvalue weighted by molar-refractivity contribution is 7.87. The fourth-order valence-corrected chi connectivity index (χ4v) is 4.28. The van der Waals surface area contributed by atoms with Gasteiger partial charge >= 0.3 is 33.7 Å². The van der Waals surface area contributed by atoms with Crippen LogP contribution in [0.2, 0.25) is 0 Å². The molecule has 0 heterocycles. The number of ether oxygens (including phenoxy) is 1. The van der Waals surface area contributed by atoms with Crippen molar-refractivity contribution in [3.63, 3.8) is 0 Å². The molecule has 0 aliphatic heterocycles. The number of hydrogen-bond donors (Lipinski definition) is 2. The first-order valence-corrected chi connectivity index (χ1v) is 9.67. The van der Waals surface area contributed by atoms with Crippen molar-refractivity contribution in [2.75, 3.05) is 0 Å². The van der Waals surface area contributed by atoms with E-state index in [-0.39, 0.29) is 12.3 Å². The van der Waals surface area contributed by atoms with Gasteiger partial charge in [0, 0.05) is 6.42 Å². The average molecular weight is 464 g/mol. The highest BCUT2D eigenvalue weighted by Gasteiger charge is 2.72. The number of halogens is 8. The first kappa shape index (κ1) is 24.1. The van der Waals surface area contributed by atoms with Crippen molar-refractivity contribution < 1.29 is 62.7 Å². The lowest BCUT2D eigenvalue weighted by atomic mass is 9.79. The molecule has 4 atom stereocenters. The maximum absolute atomic E-state index is 13.4. The van der Waals surface area contributed by atoms with Crippen LogP contribution in [0.1, 0.15) is 32.1 Å². The summed E-state index contributed by atoms with van der Waals surface area (Å²) in [4.78, 5) is 11.5. The van der Waals surface area contributed by atoms with Gasteiger partial charge in [-0.25, -0.2) is 4.79 Å². The summed E-state index contributed by atoms with van der Waals surface area (Å²) >= 11 is 0. The molecule has 0 radical (unpaired) electrons. The van der Waals surface area contributed by atoms with Crippen molar-refractivity contribution >= 4 is 16.1 Å². The van der Waals surface area contributed by atoms with Gasteiger partial charge in [-0.15, -0.1) is 0 Å². The van der Waals surface area contributed by atoms with Crippen LogP contribution in [0.3, 0.4) is 0 Å². The Morgan fingerprint density at radius 1 is 1.00 bits per heavy atom. The third-order valence-corrected chi connectivity index (χ3v) is 6.34. The Bertz CT molecular complexity index is 732. The van der Waals surface area contributed by atoms with Crippen LogP contribution in [-0.2, 0) is 19.6 Å². The molecule has 170 valence electrons. The van der Waals surface area contributed by atoms with Crippen LogP contribution in [-0.4, -0.2) is 53.4 Å². The van der Waals surface area contributed by atoms with Crippen molar-refractivity contribution in [1.29, 1.82) is 0 Å². The molecule has 2 rings (SSSR count). The lowest BCUT2D eigenvalue weighted by Gasteiger charge is -2.38. The lowest BCUT2D eigenvalue weighted by Crippen LogP contribution is -2.59. The quantitative estimate of drug-likeness (QED) is 0.356. The van der Waals surface area contributed by atoms with E-state index in [1.165, 1.54) is 0 Å². The van der Waals surface area contributed by atoms with E-state index < -0.39 is 63.7 Å². The van der Waals surface area contributed by atoms with E-state index in [9.17, 15) is 53.4 Å². The number of esters is 1. The van der Waals surface area contributed by atoms with Crippen LogP contribution >= 0.6 is 0 Å². The van der Waals surface area contributed by atoms with Gasteiger partial charge in [-0.3, -0.25) is 4.55 Å². The first-order chi connectivity index (χ1) is 12.8. The zero-order chi connectivity index (χ0) is 22.6. The van der Waals surface area contributed by atoms with Gasteiger partial charge in [0.1, 0.15) is 6.10 Å². The second-order valence-electron chi connectivity index (χ2n) is 7.33. The Morgan fingerprint density at radius 2 is 1.52 bits per heavy atom. The van der Waals surface area contributed by atoms with Gasteiger partial charge in [0.05, 0.1) is 0 Å². The molecule has 0 spiro atoms. The second-order valence-corrected chi connectivity index (χ2v) is 8.80. The highest BCUT2D eigenvalue weighted by Crippen LogP contribution is 2.54. The molecular weight excluding hydrogens is 448 g/mol. The van der Waals surface area contributed by atoms with Crippen molar-refractivity contribution in [3.8, 4) is 0 Å². The van der Waals surface area contributed by atoms with E-state index in [0.29, 0.717) is 19.3 Å². The third kappa shape index (κ3) is 4.31. The Labute approximate surface area is 158 Å². The molecule has 0 aromatic rings. The smallest absolute Gasteiger partial charge is 0.457 e. The zero-order valence-corrected chi connectivity index (χ0v) is 15.1. The number of aliphatic hydroxyl groups is 1. The van der Waals surface area contributed by atoms with E-state index in [2.05, 4.69) is 4.74 Å². The van der Waals surface area contributed by atoms with Gasteiger partial charge in [0.2, 0.25) is 0 Å². The number of alkyl halides is 8. The van der Waals surface area contributed by atoms with Gasteiger partial charge < -0.3 is 9.84 Å². The standard InChI is InChI=1S/C14H16F8O6S/c15-12(16,29(25,26)27)10(23)28-9(8-4-6-1-2-7(8)3-6)5-11(24,13(17,18)19)14(20,21)22/h6-9,24H,1-5H2,(H,25,26,27). The summed E-state index contributed by atoms with van der Waals surface area (Å²) in [6, 6.07) is 0. The van der Waals surface area contributed by atoms with Crippen LogP contribution in [0, 0.1) is 17.8 Å². The maximum atomic E-state index is 13.4. The molecule has 6 nitrogen and oxygen atoms in total. The van der Waals surface area contributed by atoms with Gasteiger partial charge in [0.25, 0.3) is 5.60 Å². The molecule has 0 saturated heterocycles. The topological polar surface area (TPSA) is 101 Å². The summed E-state index contributed by atoms with van der Waals surface area (Å²) < 4.78 is 139. The van der Waals surface area contributed by atoms with Gasteiger partial charge in [0.15, 0.2) is 0 Å².